The van der Waals surface area contributed by atoms with Crippen molar-refractivity contribution in [2.24, 2.45) is 0 Å². The number of rotatable bonds is 5. The van der Waals surface area contributed by atoms with Gasteiger partial charge in [0.1, 0.15) is 0 Å². The number of halogens is 6. The second kappa shape index (κ2) is 12.4. The van der Waals surface area contributed by atoms with E-state index in [1.807, 2.05) is 0 Å². The molecule has 1 aliphatic heterocycles. The van der Waals surface area contributed by atoms with Crippen LogP contribution >= 0.6 is 0 Å². The lowest BCUT2D eigenvalue weighted by atomic mass is 9.89. The van der Waals surface area contributed by atoms with Crippen LogP contribution in [-0.2, 0) is 9.53 Å². The van der Waals surface area contributed by atoms with Crippen LogP contribution in [0.4, 0.5) is 26.3 Å². The summed E-state index contributed by atoms with van der Waals surface area (Å²) < 4.78 is 80.0. The van der Waals surface area contributed by atoms with Gasteiger partial charge in [-0.3, -0.25) is 14.7 Å². The van der Waals surface area contributed by atoms with E-state index in [1.165, 1.54) is 12.3 Å². The minimum absolute atomic E-state index is 0.0871. The lowest BCUT2D eigenvalue weighted by Crippen LogP contribution is -2.47. The molecule has 0 bridgehead atoms. The van der Waals surface area contributed by atoms with Gasteiger partial charge >= 0.3 is 18.8 Å². The fourth-order valence-electron chi connectivity index (χ4n) is 4.24. The first-order valence-electron chi connectivity index (χ1n) is 11.4. The molecule has 2 heterocycles. The predicted molar refractivity (Wildman–Crippen MR) is 118 cm³/mol. The minimum atomic E-state index is -5.08. The number of nitrogens with one attached hydrogen (secondary N) is 1. The third kappa shape index (κ3) is 8.18. The third-order valence-electron chi connectivity index (χ3n) is 6.05. The number of aliphatic carboxylic acids is 1. The summed E-state index contributed by atoms with van der Waals surface area (Å²) in [7, 11) is 0. The average Bonchev–Trinajstić information content (AvgIpc) is 2.85. The zero-order valence-electron chi connectivity index (χ0n) is 19.4. The van der Waals surface area contributed by atoms with Gasteiger partial charge in [0, 0.05) is 42.8 Å². The Morgan fingerprint density at radius 1 is 1.11 bits per heavy atom. The van der Waals surface area contributed by atoms with Crippen molar-refractivity contribution in [1.29, 1.82) is 0 Å². The number of carbonyl (C=O) groups excluding carboxylic acids is 1. The first kappa shape index (κ1) is 28.4. The zero-order valence-corrected chi connectivity index (χ0v) is 19.4. The number of carboxylic acids is 1. The molecule has 0 atom stereocenters. The van der Waals surface area contributed by atoms with Crippen molar-refractivity contribution in [2.45, 2.75) is 50.6 Å². The second-order valence-electron chi connectivity index (χ2n) is 8.51. The van der Waals surface area contributed by atoms with Crippen LogP contribution in [0.2, 0.25) is 0 Å². The highest BCUT2D eigenvalue weighted by molar-refractivity contribution is 5.97. The number of morpholine rings is 1. The molecule has 2 aliphatic rings. The smallest absolute Gasteiger partial charge is 0.475 e. The monoisotopic (exact) mass is 537 g/mol. The molecule has 14 heteroatoms. The van der Waals surface area contributed by atoms with Gasteiger partial charge in [-0.1, -0.05) is 0 Å². The Labute approximate surface area is 207 Å². The SMILES string of the molecule is O=C(NC1CCC(N2CCOCC2)CC1)c1cnc2cc(OC(F)F)c(F)cc2c1.O=C(O)C(F)(F)F. The lowest BCUT2D eigenvalue weighted by molar-refractivity contribution is -0.192. The summed E-state index contributed by atoms with van der Waals surface area (Å²) in [6, 6.07) is 4.28. The number of amides is 1. The normalized spacial score (nSPS) is 20.7. The van der Waals surface area contributed by atoms with E-state index in [0.717, 1.165) is 64.1 Å². The molecule has 1 saturated heterocycles. The average molecular weight is 537 g/mol. The van der Waals surface area contributed by atoms with E-state index in [4.69, 9.17) is 14.6 Å². The molecule has 4 rings (SSSR count). The van der Waals surface area contributed by atoms with E-state index in [0.29, 0.717) is 17.0 Å². The highest BCUT2D eigenvalue weighted by atomic mass is 19.4. The van der Waals surface area contributed by atoms with Gasteiger partial charge in [-0.25, -0.2) is 9.18 Å². The van der Waals surface area contributed by atoms with Gasteiger partial charge in [0.15, 0.2) is 11.6 Å². The maximum Gasteiger partial charge on any atom is 0.490 e. The van der Waals surface area contributed by atoms with Crippen molar-refractivity contribution in [2.75, 3.05) is 26.3 Å². The maximum atomic E-state index is 14.0. The Hall–Kier alpha value is -3.13. The second-order valence-corrected chi connectivity index (χ2v) is 8.51. The molecule has 0 radical (unpaired) electrons. The Kier molecular flexibility index (Phi) is 9.54. The summed E-state index contributed by atoms with van der Waals surface area (Å²) in [5.74, 6) is -4.53. The van der Waals surface area contributed by atoms with Crippen molar-refractivity contribution >= 4 is 22.8 Å². The van der Waals surface area contributed by atoms with Gasteiger partial charge < -0.3 is 19.9 Å². The van der Waals surface area contributed by atoms with Crippen LogP contribution in [0.1, 0.15) is 36.0 Å². The molecule has 37 heavy (non-hydrogen) atoms. The standard InChI is InChI=1S/C21H24F3N3O3.C2HF3O2/c22-17-10-13-9-14(12-25-18(13)11-19(17)30-21(23)24)20(28)26-15-1-3-16(4-2-15)27-5-7-29-8-6-27;3-2(4,5)1(6)7/h9-12,15-16,21H,1-8H2,(H,26,28);(H,6,7). The number of carboxylic acid groups (broad SMARTS) is 1. The molecule has 2 aromatic rings. The highest BCUT2D eigenvalue weighted by Gasteiger charge is 2.38. The molecule has 8 nitrogen and oxygen atoms in total. The van der Waals surface area contributed by atoms with Crippen molar-refractivity contribution < 1.29 is 50.5 Å². The van der Waals surface area contributed by atoms with Gasteiger partial charge in [-0.15, -0.1) is 0 Å². The maximum absolute atomic E-state index is 14.0. The lowest BCUT2D eigenvalue weighted by Gasteiger charge is -2.38. The van der Waals surface area contributed by atoms with E-state index >= 15 is 0 Å². The molecule has 1 amide bonds. The van der Waals surface area contributed by atoms with Gasteiger partial charge in [-0.05, 0) is 37.8 Å². The summed E-state index contributed by atoms with van der Waals surface area (Å²) in [6.45, 7) is 0.362. The number of hydrogen-bond acceptors (Lipinski definition) is 6. The zero-order chi connectivity index (χ0) is 27.2. The summed E-state index contributed by atoms with van der Waals surface area (Å²) in [5.41, 5.74) is 0.578. The Bertz CT molecular complexity index is 1090. The van der Waals surface area contributed by atoms with Gasteiger partial charge in [-0.2, -0.15) is 22.0 Å². The largest absolute Gasteiger partial charge is 0.490 e. The fourth-order valence-corrected chi connectivity index (χ4v) is 4.24. The molecule has 2 fully saturated rings. The number of aromatic nitrogens is 1. The number of benzene rings is 1. The third-order valence-corrected chi connectivity index (χ3v) is 6.05. The molecule has 204 valence electrons. The quantitative estimate of drug-likeness (QED) is 0.557. The Morgan fingerprint density at radius 3 is 2.30 bits per heavy atom. The van der Waals surface area contributed by atoms with Crippen molar-refractivity contribution in [1.82, 2.24) is 15.2 Å². The fraction of sp³-hybridized carbons (Fsp3) is 0.522. The number of ether oxygens (including phenoxy) is 2. The van der Waals surface area contributed by atoms with E-state index < -0.39 is 30.3 Å². The summed E-state index contributed by atoms with van der Waals surface area (Å²) >= 11 is 0. The van der Waals surface area contributed by atoms with E-state index in [2.05, 4.69) is 19.9 Å². The van der Waals surface area contributed by atoms with Gasteiger partial charge in [0.2, 0.25) is 0 Å². The Balaban J connectivity index is 0.000000479. The first-order valence-corrected chi connectivity index (χ1v) is 11.4. The van der Waals surface area contributed by atoms with Gasteiger partial charge in [0.25, 0.3) is 5.91 Å². The van der Waals surface area contributed by atoms with Crippen LogP contribution in [-0.4, -0.2) is 78.0 Å². The van der Waals surface area contributed by atoms with Crippen LogP contribution in [0.15, 0.2) is 24.4 Å². The molecular weight excluding hydrogens is 512 g/mol. The summed E-state index contributed by atoms with van der Waals surface area (Å²) in [6.07, 6.45) is 0.134. The number of nitrogens with zero attached hydrogens (tertiary/aromatic N) is 2. The molecule has 1 aromatic heterocycles. The number of fused-ring (bicyclic) bond motifs is 1. The van der Waals surface area contributed by atoms with Crippen molar-refractivity contribution in [3.63, 3.8) is 0 Å². The molecule has 0 unspecified atom stereocenters. The molecule has 1 aliphatic carbocycles. The number of hydrogen-bond donors (Lipinski definition) is 2. The number of carbonyl (C=O) groups is 2. The first-order chi connectivity index (χ1) is 17.4. The number of alkyl halides is 5. The van der Waals surface area contributed by atoms with Crippen molar-refractivity contribution in [3.05, 3.63) is 35.8 Å². The van der Waals surface area contributed by atoms with Gasteiger partial charge in [0.05, 0.1) is 24.3 Å². The molecule has 0 spiro atoms. The van der Waals surface area contributed by atoms with Crippen LogP contribution < -0.4 is 10.1 Å². The van der Waals surface area contributed by atoms with Crippen LogP contribution in [0, 0.1) is 5.82 Å². The highest BCUT2D eigenvalue weighted by Crippen LogP contribution is 2.27. The molecule has 1 saturated carbocycles. The Morgan fingerprint density at radius 2 is 1.73 bits per heavy atom. The van der Waals surface area contributed by atoms with E-state index in [-0.39, 0.29) is 17.5 Å². The van der Waals surface area contributed by atoms with E-state index in [1.54, 1.807) is 0 Å². The van der Waals surface area contributed by atoms with Crippen LogP contribution in [0.25, 0.3) is 10.9 Å². The minimum Gasteiger partial charge on any atom is -0.475 e. The van der Waals surface area contributed by atoms with Crippen LogP contribution in [0.5, 0.6) is 5.75 Å². The number of pyridine rings is 1. The topological polar surface area (TPSA) is 101 Å². The van der Waals surface area contributed by atoms with E-state index in [9.17, 15) is 31.1 Å². The summed E-state index contributed by atoms with van der Waals surface area (Å²) in [5, 5.41) is 10.5. The summed E-state index contributed by atoms with van der Waals surface area (Å²) in [4.78, 5) is 28.1. The van der Waals surface area contributed by atoms with Crippen molar-refractivity contribution in [3.8, 4) is 5.75 Å². The molecular formula is C23H25F6N3O5. The molecule has 1 aromatic carbocycles. The molecule has 2 N–H and O–H groups in total. The van der Waals surface area contributed by atoms with Crippen LogP contribution in [0.3, 0.4) is 0 Å². The predicted octanol–water partition coefficient (Wildman–Crippen LogP) is 3.98.